The number of nitrogen functional groups attached to an aromatic ring is 1. The summed E-state index contributed by atoms with van der Waals surface area (Å²) in [5, 5.41) is 8.56. The van der Waals surface area contributed by atoms with Crippen molar-refractivity contribution in [2.75, 3.05) is 37.4 Å². The molecule has 1 atom stereocenters. The fourth-order valence-electron chi connectivity index (χ4n) is 3.18. The van der Waals surface area contributed by atoms with Gasteiger partial charge < -0.3 is 20.1 Å². The molecule has 0 spiro atoms. The number of piperidine rings is 1. The van der Waals surface area contributed by atoms with Crippen molar-refractivity contribution < 1.29 is 19.7 Å². The van der Waals surface area contributed by atoms with Crippen molar-refractivity contribution in [2.45, 2.75) is 31.8 Å². The molecule has 9 heteroatoms. The summed E-state index contributed by atoms with van der Waals surface area (Å²) < 4.78 is 37.7. The lowest BCUT2D eigenvalue weighted by atomic mass is 10.0. The summed E-state index contributed by atoms with van der Waals surface area (Å²) in [6, 6.07) is 6.73. The molecule has 3 rings (SSSR count). The highest BCUT2D eigenvalue weighted by atomic mass is 19.3. The lowest BCUT2D eigenvalue weighted by molar-refractivity contribution is -0.0221. The number of benzene rings is 1. The number of halogens is 2. The number of ether oxygens (including phenoxy) is 2. The number of nitrogens with one attached hydrogen (secondary N) is 1. The first-order valence-corrected chi connectivity index (χ1v) is 9.38. The molecule has 1 saturated heterocycles. The third-order valence-corrected chi connectivity index (χ3v) is 4.76. The van der Waals surface area contributed by atoms with Gasteiger partial charge in [-0.15, -0.1) is 0 Å². The summed E-state index contributed by atoms with van der Waals surface area (Å²) in [7, 11) is 1.60. The topological polar surface area (TPSA) is 97.4 Å². The number of rotatable bonds is 7. The van der Waals surface area contributed by atoms with E-state index in [4.69, 9.17) is 20.6 Å². The average Bonchev–Trinajstić information content (AvgIpc) is 2.69. The summed E-state index contributed by atoms with van der Waals surface area (Å²) >= 11 is 0. The van der Waals surface area contributed by atoms with E-state index in [0.717, 1.165) is 0 Å². The third kappa shape index (κ3) is 5.17. The van der Waals surface area contributed by atoms with Gasteiger partial charge in [-0.2, -0.15) is 0 Å². The maximum Gasteiger partial charge on any atom is 0.251 e. The first-order valence-electron chi connectivity index (χ1n) is 9.38. The molecule has 1 aliphatic heterocycles. The van der Waals surface area contributed by atoms with Crippen LogP contribution in [0.4, 0.5) is 20.3 Å². The zero-order chi connectivity index (χ0) is 21.0. The standard InChI is InChI=1S/C20H25F2N5O2.H2/c1-13(11-28-2)29-14-3-4-16(23)15(9-14)19(24)17-10-18(26-12-25-17)27-7-5-20(21,22)6-8-27;/h3-4,9-10,12-13,24H,5-8,11,23H2,1-2H3;1H/t13-;/m0./s1. The minimum absolute atomic E-state index is 0. The van der Waals surface area contributed by atoms with Crippen LogP contribution in [0.3, 0.4) is 0 Å². The van der Waals surface area contributed by atoms with Gasteiger partial charge in [0.2, 0.25) is 0 Å². The predicted molar refractivity (Wildman–Crippen MR) is 109 cm³/mol. The van der Waals surface area contributed by atoms with Crippen molar-refractivity contribution in [3.8, 4) is 5.75 Å². The van der Waals surface area contributed by atoms with E-state index < -0.39 is 5.92 Å². The van der Waals surface area contributed by atoms with E-state index in [0.29, 0.717) is 35.1 Å². The molecule has 2 aromatic rings. The van der Waals surface area contributed by atoms with Gasteiger partial charge in [-0.1, -0.05) is 0 Å². The van der Waals surface area contributed by atoms with Crippen LogP contribution in [-0.4, -0.2) is 54.5 Å². The monoisotopic (exact) mass is 407 g/mol. The SMILES string of the molecule is COC[C@H](C)Oc1ccc(N)c(C(=N)c2cc(N3CCC(F)(F)CC3)ncn2)c1.[HH]. The zero-order valence-corrected chi connectivity index (χ0v) is 16.5. The summed E-state index contributed by atoms with van der Waals surface area (Å²) in [5.41, 5.74) is 7.43. The van der Waals surface area contributed by atoms with Gasteiger partial charge in [-0.3, -0.25) is 5.41 Å². The van der Waals surface area contributed by atoms with Gasteiger partial charge in [0.05, 0.1) is 18.0 Å². The fraction of sp³-hybridized carbons (Fsp3) is 0.450. The van der Waals surface area contributed by atoms with Crippen LogP contribution >= 0.6 is 0 Å². The van der Waals surface area contributed by atoms with Crippen molar-refractivity contribution in [1.82, 2.24) is 9.97 Å². The minimum atomic E-state index is -2.63. The molecule has 1 aromatic carbocycles. The minimum Gasteiger partial charge on any atom is -0.488 e. The number of anilines is 2. The van der Waals surface area contributed by atoms with E-state index >= 15 is 0 Å². The zero-order valence-electron chi connectivity index (χ0n) is 16.5. The highest BCUT2D eigenvalue weighted by molar-refractivity contribution is 6.13. The van der Waals surface area contributed by atoms with Crippen LogP contribution in [0.25, 0.3) is 0 Å². The van der Waals surface area contributed by atoms with E-state index in [2.05, 4.69) is 9.97 Å². The van der Waals surface area contributed by atoms with E-state index in [9.17, 15) is 8.78 Å². The largest absolute Gasteiger partial charge is 0.488 e. The molecule has 1 fully saturated rings. The molecule has 7 nitrogen and oxygen atoms in total. The Morgan fingerprint density at radius 1 is 1.31 bits per heavy atom. The van der Waals surface area contributed by atoms with Gasteiger partial charge in [-0.25, -0.2) is 18.7 Å². The highest BCUT2D eigenvalue weighted by Crippen LogP contribution is 2.30. The summed E-state index contributed by atoms with van der Waals surface area (Å²) in [4.78, 5) is 10.1. The molecular weight excluding hydrogens is 380 g/mol. The lowest BCUT2D eigenvalue weighted by Gasteiger charge is -2.32. The van der Waals surface area contributed by atoms with Gasteiger partial charge in [-0.05, 0) is 25.1 Å². The van der Waals surface area contributed by atoms with E-state index in [1.54, 1.807) is 36.3 Å². The molecule has 158 valence electrons. The van der Waals surface area contributed by atoms with Gasteiger partial charge in [0.25, 0.3) is 5.92 Å². The molecule has 1 aromatic heterocycles. The molecule has 0 bridgehead atoms. The number of nitrogens with zero attached hydrogens (tertiary/aromatic N) is 3. The number of methoxy groups -OCH3 is 1. The van der Waals surface area contributed by atoms with E-state index in [1.807, 2.05) is 6.92 Å². The van der Waals surface area contributed by atoms with Crippen LogP contribution in [0.15, 0.2) is 30.6 Å². The second-order valence-electron chi connectivity index (χ2n) is 7.11. The molecule has 2 heterocycles. The summed E-state index contributed by atoms with van der Waals surface area (Å²) in [6.07, 6.45) is 0.753. The number of aromatic nitrogens is 2. The first-order chi connectivity index (χ1) is 13.8. The normalized spacial score (nSPS) is 17.0. The molecule has 1 aliphatic rings. The van der Waals surface area contributed by atoms with Crippen molar-refractivity contribution in [3.05, 3.63) is 41.9 Å². The number of hydrogen-bond acceptors (Lipinski definition) is 7. The Hall–Kier alpha value is -2.81. The molecule has 3 N–H and O–H groups in total. The summed E-state index contributed by atoms with van der Waals surface area (Å²) in [5.74, 6) is -1.54. The van der Waals surface area contributed by atoms with Crippen molar-refractivity contribution in [2.24, 2.45) is 0 Å². The highest BCUT2D eigenvalue weighted by Gasteiger charge is 2.34. The molecule has 29 heavy (non-hydrogen) atoms. The van der Waals surface area contributed by atoms with Crippen LogP contribution in [0.2, 0.25) is 0 Å². The fourth-order valence-corrected chi connectivity index (χ4v) is 3.18. The van der Waals surface area contributed by atoms with Gasteiger partial charge in [0.1, 0.15) is 24.0 Å². The Morgan fingerprint density at radius 3 is 2.72 bits per heavy atom. The van der Waals surface area contributed by atoms with Crippen molar-refractivity contribution in [1.29, 1.82) is 5.41 Å². The Balaban J connectivity index is 0.00000320. The molecule has 0 aliphatic carbocycles. The Labute approximate surface area is 169 Å². The van der Waals surface area contributed by atoms with Crippen LogP contribution in [0.5, 0.6) is 5.75 Å². The van der Waals surface area contributed by atoms with E-state index in [-0.39, 0.29) is 39.2 Å². The second-order valence-corrected chi connectivity index (χ2v) is 7.11. The van der Waals surface area contributed by atoms with Crippen molar-refractivity contribution >= 4 is 17.2 Å². The Bertz CT molecular complexity index is 874. The number of hydrogen-bond donors (Lipinski definition) is 2. The Morgan fingerprint density at radius 2 is 2.03 bits per heavy atom. The van der Waals surface area contributed by atoms with Crippen LogP contribution in [0.1, 0.15) is 32.4 Å². The lowest BCUT2D eigenvalue weighted by Crippen LogP contribution is -2.39. The van der Waals surface area contributed by atoms with Crippen molar-refractivity contribution in [3.63, 3.8) is 0 Å². The number of nitrogens with two attached hydrogens (primary N) is 1. The van der Waals surface area contributed by atoms with Crippen LogP contribution in [-0.2, 0) is 4.74 Å². The molecule has 0 radical (unpaired) electrons. The van der Waals surface area contributed by atoms with Gasteiger partial charge >= 0.3 is 0 Å². The van der Waals surface area contributed by atoms with Crippen LogP contribution in [0, 0.1) is 5.41 Å². The molecule has 0 unspecified atom stereocenters. The smallest absolute Gasteiger partial charge is 0.251 e. The quantitative estimate of drug-likeness (QED) is 0.540. The van der Waals surface area contributed by atoms with Crippen LogP contribution < -0.4 is 15.4 Å². The number of alkyl halides is 2. The Kier molecular flexibility index (Phi) is 6.26. The second kappa shape index (κ2) is 8.69. The first kappa shape index (κ1) is 20.9. The summed E-state index contributed by atoms with van der Waals surface area (Å²) in [6.45, 7) is 2.73. The molecule has 0 amide bonds. The molecular formula is C20H27F2N5O2. The maximum absolute atomic E-state index is 13.4. The third-order valence-electron chi connectivity index (χ3n) is 4.76. The van der Waals surface area contributed by atoms with Gasteiger partial charge in [0.15, 0.2) is 0 Å². The predicted octanol–water partition coefficient (Wildman–Crippen LogP) is 3.37. The van der Waals surface area contributed by atoms with E-state index in [1.165, 1.54) is 6.33 Å². The van der Waals surface area contributed by atoms with Gasteiger partial charge in [0, 0.05) is 51.8 Å². The molecule has 0 saturated carbocycles. The average molecular weight is 407 g/mol. The maximum atomic E-state index is 13.4.